The zero-order chi connectivity index (χ0) is 21.7. The van der Waals surface area contributed by atoms with Crippen LogP contribution in [0.2, 0.25) is 0 Å². The Hall–Kier alpha value is -3.93. The molecule has 0 amide bonds. The summed E-state index contributed by atoms with van der Waals surface area (Å²) >= 11 is 0. The number of para-hydroxylation sites is 1. The van der Waals surface area contributed by atoms with Gasteiger partial charge in [0.15, 0.2) is 0 Å². The van der Waals surface area contributed by atoms with Crippen LogP contribution in [0.4, 0.5) is 4.39 Å². The van der Waals surface area contributed by atoms with Crippen molar-refractivity contribution in [1.82, 2.24) is 13.7 Å². The summed E-state index contributed by atoms with van der Waals surface area (Å²) in [6, 6.07) is 21.1. The molecule has 31 heavy (non-hydrogen) atoms. The fraction of sp³-hybridized carbons (Fsp3) is 0.120. The number of hydrogen-bond acceptors (Lipinski definition) is 2. The van der Waals surface area contributed by atoms with E-state index in [2.05, 4.69) is 0 Å². The summed E-state index contributed by atoms with van der Waals surface area (Å²) in [4.78, 5) is 27.2. The fourth-order valence-corrected chi connectivity index (χ4v) is 4.21. The number of aryl methyl sites for hydroxylation is 2. The van der Waals surface area contributed by atoms with Crippen LogP contribution in [0, 0.1) is 12.7 Å². The molecule has 5 rings (SSSR count). The predicted octanol–water partition coefficient (Wildman–Crippen LogP) is 4.14. The third-order valence-corrected chi connectivity index (χ3v) is 5.73. The molecule has 2 heterocycles. The lowest BCUT2D eigenvalue weighted by Gasteiger charge is -2.14. The molecular formula is C25H20FN3O2. The Morgan fingerprint density at radius 1 is 0.871 bits per heavy atom. The van der Waals surface area contributed by atoms with E-state index in [1.165, 1.54) is 10.6 Å². The molecule has 0 fully saturated rings. The molecule has 5 nitrogen and oxygen atoms in total. The number of hydrogen-bond donors (Lipinski definition) is 0. The van der Waals surface area contributed by atoms with Crippen LogP contribution < -0.4 is 11.2 Å². The molecule has 0 N–H and O–H groups in total. The Bertz CT molecular complexity index is 1580. The lowest BCUT2D eigenvalue weighted by atomic mass is 10.1. The number of rotatable bonds is 3. The molecule has 0 aliphatic carbocycles. The Kier molecular flexibility index (Phi) is 4.36. The third-order valence-electron chi connectivity index (χ3n) is 5.73. The van der Waals surface area contributed by atoms with Gasteiger partial charge in [-0.05, 0) is 37.3 Å². The Morgan fingerprint density at radius 3 is 2.32 bits per heavy atom. The van der Waals surface area contributed by atoms with Crippen molar-refractivity contribution in [3.63, 3.8) is 0 Å². The highest BCUT2D eigenvalue weighted by Gasteiger charge is 2.21. The lowest BCUT2D eigenvalue weighted by molar-refractivity contribution is 0.594. The molecule has 0 aliphatic heterocycles. The van der Waals surface area contributed by atoms with Gasteiger partial charge in [0.1, 0.15) is 11.3 Å². The van der Waals surface area contributed by atoms with Gasteiger partial charge in [0, 0.05) is 18.0 Å². The van der Waals surface area contributed by atoms with Crippen LogP contribution in [0.3, 0.4) is 0 Å². The average molecular weight is 413 g/mol. The highest BCUT2D eigenvalue weighted by Crippen LogP contribution is 2.27. The SMILES string of the molecule is Cc1ccc2c(c1)c1c(c(=O)n(-c3ccccc3)c(=O)n1Cc1ccccc1F)n2C. The monoisotopic (exact) mass is 413 g/mol. The summed E-state index contributed by atoms with van der Waals surface area (Å²) in [6.45, 7) is 1.98. The average Bonchev–Trinajstić information content (AvgIpc) is 3.05. The molecule has 0 saturated carbocycles. The topological polar surface area (TPSA) is 48.9 Å². The normalized spacial score (nSPS) is 11.5. The van der Waals surface area contributed by atoms with E-state index in [-0.39, 0.29) is 6.54 Å². The number of nitrogens with zero attached hydrogens (tertiary/aromatic N) is 3. The van der Waals surface area contributed by atoms with Crippen molar-refractivity contribution >= 4 is 21.9 Å². The van der Waals surface area contributed by atoms with Crippen LogP contribution in [0.1, 0.15) is 11.1 Å². The maximum Gasteiger partial charge on any atom is 0.336 e. The van der Waals surface area contributed by atoms with Gasteiger partial charge in [0.2, 0.25) is 0 Å². The molecule has 2 aromatic heterocycles. The molecule has 0 saturated heterocycles. The van der Waals surface area contributed by atoms with Crippen LogP contribution >= 0.6 is 0 Å². The molecule has 0 aliphatic rings. The molecule has 0 radical (unpaired) electrons. The van der Waals surface area contributed by atoms with Crippen LogP contribution in [0.5, 0.6) is 0 Å². The molecular weight excluding hydrogens is 393 g/mol. The first-order valence-electron chi connectivity index (χ1n) is 10.0. The quantitative estimate of drug-likeness (QED) is 0.446. The van der Waals surface area contributed by atoms with E-state index in [1.807, 2.05) is 42.8 Å². The van der Waals surface area contributed by atoms with E-state index in [1.54, 1.807) is 42.5 Å². The molecule has 0 unspecified atom stereocenters. The Balaban J connectivity index is 1.97. The molecule has 3 aromatic carbocycles. The van der Waals surface area contributed by atoms with Gasteiger partial charge in [0.25, 0.3) is 5.56 Å². The van der Waals surface area contributed by atoms with E-state index in [0.717, 1.165) is 21.0 Å². The zero-order valence-electron chi connectivity index (χ0n) is 17.2. The van der Waals surface area contributed by atoms with Crippen molar-refractivity contribution in [2.45, 2.75) is 13.5 Å². The largest absolute Gasteiger partial charge is 0.338 e. The van der Waals surface area contributed by atoms with Crippen LogP contribution in [-0.2, 0) is 13.6 Å². The van der Waals surface area contributed by atoms with Crippen molar-refractivity contribution < 1.29 is 4.39 Å². The molecule has 0 atom stereocenters. The van der Waals surface area contributed by atoms with Crippen LogP contribution in [-0.4, -0.2) is 13.7 Å². The first kappa shape index (κ1) is 19.1. The second-order valence-electron chi connectivity index (χ2n) is 7.71. The van der Waals surface area contributed by atoms with Crippen molar-refractivity contribution in [2.75, 3.05) is 0 Å². The first-order chi connectivity index (χ1) is 15.0. The van der Waals surface area contributed by atoms with Gasteiger partial charge in [-0.25, -0.2) is 13.8 Å². The van der Waals surface area contributed by atoms with Crippen molar-refractivity contribution in [2.24, 2.45) is 7.05 Å². The van der Waals surface area contributed by atoms with E-state index >= 15 is 0 Å². The van der Waals surface area contributed by atoms with E-state index in [9.17, 15) is 14.0 Å². The van der Waals surface area contributed by atoms with Gasteiger partial charge in [-0.1, -0.05) is 48.0 Å². The molecule has 0 bridgehead atoms. The summed E-state index contributed by atoms with van der Waals surface area (Å²) in [5.74, 6) is -0.392. The Labute approximate surface area is 177 Å². The van der Waals surface area contributed by atoms with Crippen LogP contribution in [0.15, 0.2) is 82.4 Å². The molecule has 154 valence electrons. The summed E-state index contributed by atoms with van der Waals surface area (Å²) < 4.78 is 19.0. The maximum absolute atomic E-state index is 14.5. The molecule has 0 spiro atoms. The molecule has 6 heteroatoms. The minimum atomic E-state index is -0.499. The van der Waals surface area contributed by atoms with Gasteiger partial charge < -0.3 is 4.57 Å². The fourth-order valence-electron chi connectivity index (χ4n) is 4.21. The van der Waals surface area contributed by atoms with Gasteiger partial charge in [-0.3, -0.25) is 9.36 Å². The first-order valence-corrected chi connectivity index (χ1v) is 10.0. The third kappa shape index (κ3) is 2.91. The zero-order valence-corrected chi connectivity index (χ0v) is 17.2. The van der Waals surface area contributed by atoms with Gasteiger partial charge in [0.05, 0.1) is 23.3 Å². The van der Waals surface area contributed by atoms with E-state index in [4.69, 9.17) is 0 Å². The molecule has 5 aromatic rings. The number of benzene rings is 3. The van der Waals surface area contributed by atoms with Crippen LogP contribution in [0.25, 0.3) is 27.6 Å². The standard InChI is InChI=1S/C25H20FN3O2/c1-16-12-13-21-19(14-16)22-23(27(21)2)24(30)29(18-9-4-3-5-10-18)25(31)28(22)15-17-8-6-7-11-20(17)26/h3-14H,15H2,1-2H3. The van der Waals surface area contributed by atoms with Crippen molar-refractivity contribution in [3.05, 3.63) is 111 Å². The van der Waals surface area contributed by atoms with Gasteiger partial charge in [-0.2, -0.15) is 0 Å². The highest BCUT2D eigenvalue weighted by molar-refractivity contribution is 6.06. The minimum Gasteiger partial charge on any atom is -0.338 e. The number of fused-ring (bicyclic) bond motifs is 3. The van der Waals surface area contributed by atoms with E-state index < -0.39 is 17.1 Å². The highest BCUT2D eigenvalue weighted by atomic mass is 19.1. The summed E-state index contributed by atoms with van der Waals surface area (Å²) in [7, 11) is 1.81. The summed E-state index contributed by atoms with van der Waals surface area (Å²) in [5.41, 5.74) is 2.74. The summed E-state index contributed by atoms with van der Waals surface area (Å²) in [5, 5.41) is 0.795. The minimum absolute atomic E-state index is 0.0160. The summed E-state index contributed by atoms with van der Waals surface area (Å²) in [6.07, 6.45) is 0. The van der Waals surface area contributed by atoms with Crippen molar-refractivity contribution in [1.29, 1.82) is 0 Å². The second kappa shape index (κ2) is 7.09. The predicted molar refractivity (Wildman–Crippen MR) is 121 cm³/mol. The Morgan fingerprint density at radius 2 is 1.58 bits per heavy atom. The second-order valence-corrected chi connectivity index (χ2v) is 7.71. The maximum atomic E-state index is 14.5. The van der Waals surface area contributed by atoms with Gasteiger partial charge in [-0.15, -0.1) is 0 Å². The number of halogens is 1. The van der Waals surface area contributed by atoms with Crippen molar-refractivity contribution in [3.8, 4) is 5.69 Å². The van der Waals surface area contributed by atoms with E-state index in [0.29, 0.717) is 22.3 Å². The lowest BCUT2D eigenvalue weighted by Crippen LogP contribution is -2.39. The smallest absolute Gasteiger partial charge is 0.336 e. The number of aromatic nitrogens is 3. The van der Waals surface area contributed by atoms with Gasteiger partial charge >= 0.3 is 5.69 Å².